The second-order valence-electron chi connectivity index (χ2n) is 6.09. The molecule has 2 aromatic heterocycles. The zero-order valence-corrected chi connectivity index (χ0v) is 15.3. The van der Waals surface area contributed by atoms with Gasteiger partial charge in [-0.1, -0.05) is 18.2 Å². The highest BCUT2D eigenvalue weighted by Gasteiger charge is 2.17. The average molecular weight is 342 g/mol. The molecule has 0 amide bonds. The number of thiazole rings is 1. The summed E-state index contributed by atoms with van der Waals surface area (Å²) in [6.45, 7) is 5.35. The summed E-state index contributed by atoms with van der Waals surface area (Å²) in [5, 5.41) is 3.13. The molecule has 1 aromatic carbocycles. The third kappa shape index (κ3) is 3.20. The molecule has 0 spiro atoms. The molecule has 0 N–H and O–H groups in total. The summed E-state index contributed by atoms with van der Waals surface area (Å²) in [6.07, 6.45) is 0. The van der Waals surface area contributed by atoms with Gasteiger partial charge in [-0.05, 0) is 33.0 Å². The highest BCUT2D eigenvalue weighted by molar-refractivity contribution is 7.09. The topological polar surface area (TPSA) is 43.1 Å². The number of aryl methyl sites for hydroxylation is 1. The summed E-state index contributed by atoms with van der Waals surface area (Å²) in [5.74, 6) is 0. The number of benzene rings is 1. The van der Waals surface area contributed by atoms with E-state index >= 15 is 0 Å². The molecule has 6 heteroatoms. The largest absolute Gasteiger partial charge is 0.295 e. The summed E-state index contributed by atoms with van der Waals surface area (Å²) in [5.41, 5.74) is 3.80. The molecule has 0 bridgehead atoms. The fraction of sp³-hybridized carbons (Fsp3) is 0.333. The van der Waals surface area contributed by atoms with E-state index in [1.165, 1.54) is 0 Å². The van der Waals surface area contributed by atoms with Gasteiger partial charge in [0, 0.05) is 30.4 Å². The third-order valence-corrected chi connectivity index (χ3v) is 5.12. The Bertz CT molecular complexity index is 892. The normalized spacial score (nSPS) is 11.4. The van der Waals surface area contributed by atoms with Crippen molar-refractivity contribution in [2.24, 2.45) is 7.05 Å². The van der Waals surface area contributed by atoms with Crippen LogP contribution >= 0.6 is 11.3 Å². The Labute approximate surface area is 145 Å². The van der Waals surface area contributed by atoms with E-state index in [0.717, 1.165) is 34.2 Å². The van der Waals surface area contributed by atoms with Crippen LogP contribution in [0, 0.1) is 13.8 Å². The van der Waals surface area contributed by atoms with Crippen LogP contribution in [0.3, 0.4) is 0 Å². The van der Waals surface area contributed by atoms with Crippen LogP contribution in [0.4, 0.5) is 0 Å². The Balaban J connectivity index is 1.88. The molecule has 0 aliphatic heterocycles. The standard InChI is InChI=1S/C18H22N4OS/c1-13-12-24-17(19-13)11-20(3)10-16-14(2)21(4)22(18(16)23)15-8-6-5-7-9-15/h5-9,12H,10-11H2,1-4H3. The van der Waals surface area contributed by atoms with Gasteiger partial charge in [-0.25, -0.2) is 9.67 Å². The fourth-order valence-electron chi connectivity index (χ4n) is 2.84. The van der Waals surface area contributed by atoms with Crippen LogP contribution in [0.5, 0.6) is 0 Å². The minimum atomic E-state index is 0.0448. The van der Waals surface area contributed by atoms with E-state index in [4.69, 9.17) is 0 Å². The molecule has 5 nitrogen and oxygen atoms in total. The second-order valence-corrected chi connectivity index (χ2v) is 7.04. The maximum Gasteiger partial charge on any atom is 0.276 e. The number of hydrogen-bond acceptors (Lipinski definition) is 4. The summed E-state index contributed by atoms with van der Waals surface area (Å²) < 4.78 is 3.65. The lowest BCUT2D eigenvalue weighted by atomic mass is 10.2. The second kappa shape index (κ2) is 6.75. The quantitative estimate of drug-likeness (QED) is 0.716. The van der Waals surface area contributed by atoms with Crippen molar-refractivity contribution < 1.29 is 0 Å². The van der Waals surface area contributed by atoms with Crippen LogP contribution in [0.25, 0.3) is 5.69 Å². The third-order valence-electron chi connectivity index (χ3n) is 4.17. The van der Waals surface area contributed by atoms with E-state index in [1.54, 1.807) is 16.0 Å². The van der Waals surface area contributed by atoms with Gasteiger partial charge in [-0.3, -0.25) is 14.4 Å². The number of hydrogen-bond donors (Lipinski definition) is 0. The summed E-state index contributed by atoms with van der Waals surface area (Å²) in [6, 6.07) is 9.75. The minimum absolute atomic E-state index is 0.0448. The van der Waals surface area contributed by atoms with Crippen LogP contribution in [0.2, 0.25) is 0 Å². The van der Waals surface area contributed by atoms with Crippen molar-refractivity contribution >= 4 is 11.3 Å². The number of para-hydroxylation sites is 1. The van der Waals surface area contributed by atoms with E-state index in [9.17, 15) is 4.79 Å². The van der Waals surface area contributed by atoms with Crippen LogP contribution in [0.15, 0.2) is 40.5 Å². The van der Waals surface area contributed by atoms with Gasteiger partial charge in [0.1, 0.15) is 5.01 Å². The lowest BCUT2D eigenvalue weighted by Crippen LogP contribution is -2.25. The van der Waals surface area contributed by atoms with Crippen molar-refractivity contribution in [3.63, 3.8) is 0 Å². The van der Waals surface area contributed by atoms with Gasteiger partial charge >= 0.3 is 0 Å². The first kappa shape index (κ1) is 16.7. The first-order valence-corrected chi connectivity index (χ1v) is 8.77. The van der Waals surface area contributed by atoms with Gasteiger partial charge < -0.3 is 0 Å². The maximum absolute atomic E-state index is 12.9. The van der Waals surface area contributed by atoms with E-state index < -0.39 is 0 Å². The van der Waals surface area contributed by atoms with E-state index in [0.29, 0.717) is 6.54 Å². The van der Waals surface area contributed by atoms with Gasteiger partial charge in [-0.2, -0.15) is 0 Å². The Kier molecular flexibility index (Phi) is 4.69. The number of aromatic nitrogens is 3. The summed E-state index contributed by atoms with van der Waals surface area (Å²) >= 11 is 1.66. The molecule has 0 saturated heterocycles. The van der Waals surface area contributed by atoms with Gasteiger partial charge in [-0.15, -0.1) is 11.3 Å². The molecule has 24 heavy (non-hydrogen) atoms. The Morgan fingerprint density at radius 3 is 2.50 bits per heavy atom. The van der Waals surface area contributed by atoms with Crippen LogP contribution in [0.1, 0.15) is 22.0 Å². The molecule has 0 atom stereocenters. The Morgan fingerprint density at radius 1 is 1.17 bits per heavy atom. The lowest BCUT2D eigenvalue weighted by molar-refractivity contribution is 0.316. The Hall–Kier alpha value is -2.18. The molecule has 0 aliphatic carbocycles. The van der Waals surface area contributed by atoms with Crippen molar-refractivity contribution in [2.75, 3.05) is 7.05 Å². The molecule has 0 radical (unpaired) electrons. The SMILES string of the molecule is Cc1csc(CN(C)Cc2c(C)n(C)n(-c3ccccc3)c2=O)n1. The summed E-state index contributed by atoms with van der Waals surface area (Å²) in [7, 11) is 3.95. The zero-order chi connectivity index (χ0) is 17.3. The van der Waals surface area contributed by atoms with Crippen molar-refractivity contribution in [3.05, 3.63) is 68.0 Å². The first-order chi connectivity index (χ1) is 11.5. The van der Waals surface area contributed by atoms with Crippen molar-refractivity contribution in [3.8, 4) is 5.69 Å². The molecule has 3 rings (SSSR count). The van der Waals surface area contributed by atoms with Gasteiger partial charge in [0.25, 0.3) is 5.56 Å². The van der Waals surface area contributed by atoms with Crippen LogP contribution < -0.4 is 5.56 Å². The molecule has 0 unspecified atom stereocenters. The van der Waals surface area contributed by atoms with Crippen molar-refractivity contribution in [1.82, 2.24) is 19.2 Å². The summed E-state index contributed by atoms with van der Waals surface area (Å²) in [4.78, 5) is 19.5. The minimum Gasteiger partial charge on any atom is -0.295 e. The molecular weight excluding hydrogens is 320 g/mol. The van der Waals surface area contributed by atoms with E-state index in [2.05, 4.69) is 15.3 Å². The van der Waals surface area contributed by atoms with Gasteiger partial charge in [0.05, 0.1) is 17.8 Å². The molecule has 2 heterocycles. The average Bonchev–Trinajstić information content (AvgIpc) is 3.05. The molecule has 0 saturated carbocycles. The Morgan fingerprint density at radius 2 is 1.88 bits per heavy atom. The smallest absolute Gasteiger partial charge is 0.276 e. The predicted octanol–water partition coefficient (Wildman–Crippen LogP) is 2.88. The highest BCUT2D eigenvalue weighted by atomic mass is 32.1. The zero-order valence-electron chi connectivity index (χ0n) is 14.5. The molecule has 3 aromatic rings. The lowest BCUT2D eigenvalue weighted by Gasteiger charge is -2.14. The molecule has 0 aliphatic rings. The van der Waals surface area contributed by atoms with Crippen LogP contribution in [-0.2, 0) is 20.1 Å². The number of rotatable bonds is 5. The van der Waals surface area contributed by atoms with Gasteiger partial charge in [0.15, 0.2) is 0 Å². The van der Waals surface area contributed by atoms with Crippen LogP contribution in [-0.4, -0.2) is 26.3 Å². The van der Waals surface area contributed by atoms with Crippen molar-refractivity contribution in [1.29, 1.82) is 0 Å². The predicted molar refractivity (Wildman–Crippen MR) is 97.8 cm³/mol. The number of nitrogens with zero attached hydrogens (tertiary/aromatic N) is 4. The van der Waals surface area contributed by atoms with Gasteiger partial charge in [0.2, 0.25) is 0 Å². The maximum atomic E-state index is 12.9. The van der Waals surface area contributed by atoms with E-state index in [1.807, 2.05) is 63.0 Å². The monoisotopic (exact) mass is 342 g/mol. The highest BCUT2D eigenvalue weighted by Crippen LogP contribution is 2.15. The molecule has 126 valence electrons. The first-order valence-electron chi connectivity index (χ1n) is 7.90. The van der Waals surface area contributed by atoms with Crippen molar-refractivity contribution in [2.45, 2.75) is 26.9 Å². The van der Waals surface area contributed by atoms with E-state index in [-0.39, 0.29) is 5.56 Å². The molecular formula is C18H22N4OS. The molecule has 0 fully saturated rings. The fourth-order valence-corrected chi connectivity index (χ4v) is 3.69.